The minimum absolute atomic E-state index is 0.118. The molecule has 0 saturated carbocycles. The summed E-state index contributed by atoms with van der Waals surface area (Å²) in [6, 6.07) is 13.1. The summed E-state index contributed by atoms with van der Waals surface area (Å²) in [7, 11) is 0. The van der Waals surface area contributed by atoms with E-state index < -0.39 is 17.8 Å². The second-order valence-corrected chi connectivity index (χ2v) is 5.33. The standard InChI is InChI=1S/C15H14BrFN2O/c16-11-6-7-12(17)14(9-11)19-15(20)13(18)8-10-4-2-1-3-5-10/h1-7,9,13H,8,18H2,(H,19,20)/t13-/m0/s1. The van der Waals surface area contributed by atoms with E-state index >= 15 is 0 Å². The van der Waals surface area contributed by atoms with Crippen LogP contribution in [0.4, 0.5) is 10.1 Å². The Labute approximate surface area is 125 Å². The Balaban J connectivity index is 2.02. The Kier molecular flexibility index (Phi) is 4.87. The topological polar surface area (TPSA) is 55.1 Å². The molecule has 2 rings (SSSR count). The molecule has 3 N–H and O–H groups in total. The fourth-order valence-electron chi connectivity index (χ4n) is 1.78. The number of halogens is 2. The molecule has 0 unspecified atom stereocenters. The third-order valence-electron chi connectivity index (χ3n) is 2.82. The van der Waals surface area contributed by atoms with Gasteiger partial charge in [-0.05, 0) is 30.2 Å². The number of nitrogens with one attached hydrogen (secondary N) is 1. The van der Waals surface area contributed by atoms with Crippen LogP contribution in [0.3, 0.4) is 0 Å². The van der Waals surface area contributed by atoms with Gasteiger partial charge in [0.15, 0.2) is 0 Å². The quantitative estimate of drug-likeness (QED) is 0.901. The molecule has 20 heavy (non-hydrogen) atoms. The summed E-state index contributed by atoms with van der Waals surface area (Å²) in [6.45, 7) is 0. The third kappa shape index (κ3) is 3.88. The number of anilines is 1. The van der Waals surface area contributed by atoms with Crippen LogP contribution in [0.15, 0.2) is 53.0 Å². The number of rotatable bonds is 4. The highest BCUT2D eigenvalue weighted by atomic mass is 79.9. The van der Waals surface area contributed by atoms with Crippen LogP contribution in [0.5, 0.6) is 0 Å². The zero-order valence-corrected chi connectivity index (χ0v) is 12.2. The van der Waals surface area contributed by atoms with Gasteiger partial charge in [-0.2, -0.15) is 0 Å². The molecule has 0 aliphatic heterocycles. The monoisotopic (exact) mass is 336 g/mol. The summed E-state index contributed by atoms with van der Waals surface area (Å²) < 4.78 is 14.2. The highest BCUT2D eigenvalue weighted by Gasteiger charge is 2.16. The minimum Gasteiger partial charge on any atom is -0.322 e. The molecule has 0 spiro atoms. The first kappa shape index (κ1) is 14.7. The highest BCUT2D eigenvalue weighted by Crippen LogP contribution is 2.20. The van der Waals surface area contributed by atoms with Crippen LogP contribution < -0.4 is 11.1 Å². The van der Waals surface area contributed by atoms with Crippen molar-refractivity contribution in [2.75, 3.05) is 5.32 Å². The number of nitrogens with two attached hydrogens (primary N) is 1. The number of carbonyl (C=O) groups excluding carboxylic acids is 1. The van der Waals surface area contributed by atoms with Crippen LogP contribution in [0, 0.1) is 5.82 Å². The van der Waals surface area contributed by atoms with Crippen molar-refractivity contribution >= 4 is 27.5 Å². The Hall–Kier alpha value is -1.72. The first-order valence-electron chi connectivity index (χ1n) is 6.11. The molecular weight excluding hydrogens is 323 g/mol. The number of hydrogen-bond donors (Lipinski definition) is 2. The molecule has 0 aliphatic carbocycles. The first-order valence-corrected chi connectivity index (χ1v) is 6.91. The Morgan fingerprint density at radius 2 is 1.95 bits per heavy atom. The molecule has 104 valence electrons. The van der Waals surface area contributed by atoms with E-state index in [2.05, 4.69) is 21.2 Å². The molecule has 1 amide bonds. The molecule has 3 nitrogen and oxygen atoms in total. The smallest absolute Gasteiger partial charge is 0.241 e. The third-order valence-corrected chi connectivity index (χ3v) is 3.31. The fourth-order valence-corrected chi connectivity index (χ4v) is 2.14. The minimum atomic E-state index is -0.726. The van der Waals surface area contributed by atoms with E-state index in [0.717, 1.165) is 5.56 Å². The van der Waals surface area contributed by atoms with Crippen LogP contribution >= 0.6 is 15.9 Å². The molecule has 2 aromatic rings. The number of hydrogen-bond acceptors (Lipinski definition) is 2. The average molecular weight is 337 g/mol. The van der Waals surface area contributed by atoms with E-state index in [1.165, 1.54) is 12.1 Å². The van der Waals surface area contributed by atoms with Crippen molar-refractivity contribution in [2.24, 2.45) is 5.73 Å². The summed E-state index contributed by atoms with van der Waals surface area (Å²) in [5.41, 5.74) is 6.92. The number of benzene rings is 2. The molecule has 0 fully saturated rings. The zero-order valence-electron chi connectivity index (χ0n) is 10.6. The molecule has 0 aliphatic rings. The van der Waals surface area contributed by atoms with Gasteiger partial charge in [0.2, 0.25) is 5.91 Å². The number of carbonyl (C=O) groups is 1. The van der Waals surface area contributed by atoms with Crippen molar-refractivity contribution in [3.05, 3.63) is 64.4 Å². The maximum atomic E-state index is 13.5. The largest absolute Gasteiger partial charge is 0.322 e. The molecule has 5 heteroatoms. The van der Waals surface area contributed by atoms with E-state index in [4.69, 9.17) is 5.73 Å². The summed E-state index contributed by atoms with van der Waals surface area (Å²) in [4.78, 5) is 12.0. The van der Waals surface area contributed by atoms with Gasteiger partial charge >= 0.3 is 0 Å². The van der Waals surface area contributed by atoms with Gasteiger partial charge in [0.1, 0.15) is 5.82 Å². The lowest BCUT2D eigenvalue weighted by atomic mass is 10.1. The van der Waals surface area contributed by atoms with Crippen LogP contribution in [0.25, 0.3) is 0 Å². The van der Waals surface area contributed by atoms with Gasteiger partial charge in [0, 0.05) is 4.47 Å². The van der Waals surface area contributed by atoms with Gasteiger partial charge in [0.25, 0.3) is 0 Å². The van der Waals surface area contributed by atoms with Gasteiger partial charge in [-0.3, -0.25) is 4.79 Å². The van der Waals surface area contributed by atoms with E-state index in [9.17, 15) is 9.18 Å². The maximum Gasteiger partial charge on any atom is 0.241 e. The van der Waals surface area contributed by atoms with Crippen molar-refractivity contribution < 1.29 is 9.18 Å². The summed E-state index contributed by atoms with van der Waals surface area (Å²) in [5, 5.41) is 2.50. The maximum absolute atomic E-state index is 13.5. The Morgan fingerprint density at radius 1 is 1.25 bits per heavy atom. The van der Waals surface area contributed by atoms with Crippen molar-refractivity contribution in [3.63, 3.8) is 0 Å². The van der Waals surface area contributed by atoms with Crippen LogP contribution in [-0.2, 0) is 11.2 Å². The molecule has 2 aromatic carbocycles. The SMILES string of the molecule is N[C@@H](Cc1ccccc1)C(=O)Nc1cc(Br)ccc1F. The average Bonchev–Trinajstić information content (AvgIpc) is 2.44. The van der Waals surface area contributed by atoms with E-state index in [1.807, 2.05) is 30.3 Å². The predicted molar refractivity (Wildman–Crippen MR) is 80.9 cm³/mol. The molecule has 0 bridgehead atoms. The van der Waals surface area contributed by atoms with E-state index in [0.29, 0.717) is 10.9 Å². The summed E-state index contributed by atoms with van der Waals surface area (Å²) in [5.74, 6) is -0.903. The highest BCUT2D eigenvalue weighted by molar-refractivity contribution is 9.10. The molecule has 0 heterocycles. The van der Waals surface area contributed by atoms with Gasteiger partial charge in [-0.25, -0.2) is 4.39 Å². The first-order chi connectivity index (χ1) is 9.56. The van der Waals surface area contributed by atoms with E-state index in [-0.39, 0.29) is 5.69 Å². The second-order valence-electron chi connectivity index (χ2n) is 4.41. The second kappa shape index (κ2) is 6.63. The lowest BCUT2D eigenvalue weighted by molar-refractivity contribution is -0.117. The summed E-state index contributed by atoms with van der Waals surface area (Å²) in [6.07, 6.45) is 0.405. The van der Waals surface area contributed by atoms with E-state index in [1.54, 1.807) is 6.07 Å². The van der Waals surface area contributed by atoms with Gasteiger partial charge in [-0.15, -0.1) is 0 Å². The molecular formula is C15H14BrFN2O. The molecule has 1 atom stereocenters. The van der Waals surface area contributed by atoms with Gasteiger partial charge in [0.05, 0.1) is 11.7 Å². The van der Waals surface area contributed by atoms with Gasteiger partial charge in [-0.1, -0.05) is 46.3 Å². The van der Waals surface area contributed by atoms with Crippen molar-refractivity contribution in [1.29, 1.82) is 0 Å². The van der Waals surface area contributed by atoms with Gasteiger partial charge < -0.3 is 11.1 Å². The van der Waals surface area contributed by atoms with Crippen molar-refractivity contribution in [2.45, 2.75) is 12.5 Å². The van der Waals surface area contributed by atoms with Crippen molar-refractivity contribution in [3.8, 4) is 0 Å². The number of amides is 1. The van der Waals surface area contributed by atoms with Crippen LogP contribution in [0.1, 0.15) is 5.56 Å². The van der Waals surface area contributed by atoms with Crippen molar-refractivity contribution in [1.82, 2.24) is 0 Å². The zero-order chi connectivity index (χ0) is 14.5. The molecule has 0 radical (unpaired) electrons. The fraction of sp³-hybridized carbons (Fsp3) is 0.133. The Morgan fingerprint density at radius 3 is 2.65 bits per heavy atom. The normalized spacial score (nSPS) is 11.9. The predicted octanol–water partition coefficient (Wildman–Crippen LogP) is 3.10. The Bertz CT molecular complexity index is 604. The molecule has 0 saturated heterocycles. The van der Waals surface area contributed by atoms with Crippen LogP contribution in [0.2, 0.25) is 0 Å². The lowest BCUT2D eigenvalue weighted by Crippen LogP contribution is -2.37. The molecule has 0 aromatic heterocycles. The summed E-state index contributed by atoms with van der Waals surface area (Å²) >= 11 is 3.23. The van der Waals surface area contributed by atoms with Crippen LogP contribution in [-0.4, -0.2) is 11.9 Å². The lowest BCUT2D eigenvalue weighted by Gasteiger charge is -2.13.